The first-order valence-corrected chi connectivity index (χ1v) is 7.14. The van der Waals surface area contributed by atoms with Crippen LogP contribution in [-0.2, 0) is 0 Å². The highest BCUT2D eigenvalue weighted by Crippen LogP contribution is 2.22. The molecule has 21 heavy (non-hydrogen) atoms. The van der Waals surface area contributed by atoms with Crippen molar-refractivity contribution in [2.45, 2.75) is 33.1 Å². The van der Waals surface area contributed by atoms with Crippen molar-refractivity contribution in [2.75, 3.05) is 6.54 Å². The molecule has 0 aliphatic heterocycles. The second-order valence-corrected chi connectivity index (χ2v) is 5.06. The lowest BCUT2D eigenvalue weighted by Gasteiger charge is -2.03. The summed E-state index contributed by atoms with van der Waals surface area (Å²) in [4.78, 5) is 23.8. The maximum absolute atomic E-state index is 13.4. The van der Waals surface area contributed by atoms with E-state index in [-0.39, 0.29) is 11.8 Å². The molecule has 0 aliphatic carbocycles. The highest BCUT2D eigenvalue weighted by Gasteiger charge is 2.17. The van der Waals surface area contributed by atoms with Crippen LogP contribution >= 0.6 is 0 Å². The molecule has 1 amide bonds. The molecule has 1 aromatic carbocycles. The molecule has 0 radical (unpaired) electrons. The van der Waals surface area contributed by atoms with Crippen molar-refractivity contribution in [3.05, 3.63) is 35.8 Å². The number of nitrogens with one attached hydrogen (secondary N) is 1. The maximum atomic E-state index is 13.4. The Labute approximate surface area is 122 Å². The Morgan fingerprint density at radius 1 is 1.29 bits per heavy atom. The molecule has 4 nitrogen and oxygen atoms in total. The van der Waals surface area contributed by atoms with Crippen molar-refractivity contribution in [1.29, 1.82) is 0 Å². The minimum Gasteiger partial charge on any atom is -0.352 e. The van der Waals surface area contributed by atoms with E-state index in [2.05, 4.69) is 12.2 Å². The molecule has 0 spiro atoms. The van der Waals surface area contributed by atoms with Crippen LogP contribution in [0.5, 0.6) is 0 Å². The average molecular weight is 290 g/mol. The van der Waals surface area contributed by atoms with E-state index in [1.54, 1.807) is 0 Å². The summed E-state index contributed by atoms with van der Waals surface area (Å²) < 4.78 is 14.8. The molecule has 1 aromatic heterocycles. The highest BCUT2D eigenvalue weighted by atomic mass is 19.1. The van der Waals surface area contributed by atoms with E-state index in [1.165, 1.54) is 35.9 Å². The highest BCUT2D eigenvalue weighted by molar-refractivity contribution is 6.09. The number of rotatable bonds is 5. The fourth-order valence-corrected chi connectivity index (χ4v) is 2.32. The zero-order chi connectivity index (χ0) is 15.4. The quantitative estimate of drug-likeness (QED) is 0.858. The number of hydrogen-bond donors (Lipinski definition) is 1. The molecule has 0 fully saturated rings. The summed E-state index contributed by atoms with van der Waals surface area (Å²) in [6.07, 6.45) is 4.50. The van der Waals surface area contributed by atoms with Gasteiger partial charge in [-0.3, -0.25) is 14.2 Å². The van der Waals surface area contributed by atoms with Crippen LogP contribution in [0.25, 0.3) is 10.9 Å². The van der Waals surface area contributed by atoms with Gasteiger partial charge in [-0.25, -0.2) is 4.39 Å². The molecule has 2 rings (SSSR count). The van der Waals surface area contributed by atoms with Gasteiger partial charge in [0.15, 0.2) is 0 Å². The number of carbonyl (C=O) groups is 2. The van der Waals surface area contributed by atoms with Gasteiger partial charge in [-0.05, 0) is 24.6 Å². The van der Waals surface area contributed by atoms with Crippen molar-refractivity contribution < 1.29 is 14.0 Å². The van der Waals surface area contributed by atoms with Gasteiger partial charge in [-0.1, -0.05) is 19.8 Å². The Morgan fingerprint density at radius 3 is 2.71 bits per heavy atom. The largest absolute Gasteiger partial charge is 0.352 e. The molecule has 0 bridgehead atoms. The Hall–Kier alpha value is -2.17. The minimum absolute atomic E-state index is 0.211. The van der Waals surface area contributed by atoms with Crippen LogP contribution in [-0.4, -0.2) is 22.9 Å². The Balaban J connectivity index is 2.32. The normalized spacial score (nSPS) is 10.8. The number of carbonyl (C=O) groups excluding carboxylic acids is 2. The molecule has 1 N–H and O–H groups in total. The lowest BCUT2D eigenvalue weighted by atomic mass is 10.1. The Kier molecular flexibility index (Phi) is 4.73. The summed E-state index contributed by atoms with van der Waals surface area (Å²) in [5.41, 5.74) is 0.874. The number of nitrogens with zero attached hydrogens (tertiary/aromatic N) is 1. The summed E-state index contributed by atoms with van der Waals surface area (Å²) >= 11 is 0. The van der Waals surface area contributed by atoms with Crippen LogP contribution in [0.3, 0.4) is 0 Å². The van der Waals surface area contributed by atoms with Crippen molar-refractivity contribution >= 4 is 22.7 Å². The number of fused-ring (bicyclic) bond motifs is 1. The van der Waals surface area contributed by atoms with Gasteiger partial charge < -0.3 is 5.32 Å². The van der Waals surface area contributed by atoms with Crippen LogP contribution in [0.1, 0.15) is 48.3 Å². The van der Waals surface area contributed by atoms with Crippen molar-refractivity contribution in [3.63, 3.8) is 0 Å². The molecular formula is C16H19FN2O2. The lowest BCUT2D eigenvalue weighted by Crippen LogP contribution is -2.24. The molecule has 0 unspecified atom stereocenters. The van der Waals surface area contributed by atoms with Gasteiger partial charge >= 0.3 is 0 Å². The van der Waals surface area contributed by atoms with E-state index < -0.39 is 5.82 Å². The third kappa shape index (κ3) is 3.29. The molecule has 1 heterocycles. The molecule has 112 valence electrons. The number of unbranched alkanes of at least 4 members (excludes halogenated alkanes) is 2. The number of halogens is 1. The Morgan fingerprint density at radius 2 is 2.05 bits per heavy atom. The molecular weight excluding hydrogens is 271 g/mol. The zero-order valence-electron chi connectivity index (χ0n) is 12.3. The molecule has 0 aliphatic rings. The third-order valence-electron chi connectivity index (χ3n) is 3.42. The zero-order valence-corrected chi connectivity index (χ0v) is 12.3. The summed E-state index contributed by atoms with van der Waals surface area (Å²) in [6, 6.07) is 4.08. The van der Waals surface area contributed by atoms with Gasteiger partial charge in [0.05, 0.1) is 11.1 Å². The number of benzene rings is 1. The summed E-state index contributed by atoms with van der Waals surface area (Å²) in [5, 5.41) is 3.27. The number of amides is 1. The summed E-state index contributed by atoms with van der Waals surface area (Å²) in [5.74, 6) is -0.915. The molecule has 0 saturated heterocycles. The molecule has 5 heteroatoms. The lowest BCUT2D eigenvalue weighted by molar-refractivity contribution is 0.0941. The summed E-state index contributed by atoms with van der Waals surface area (Å²) in [6.45, 7) is 4.07. The van der Waals surface area contributed by atoms with Crippen LogP contribution < -0.4 is 5.32 Å². The SMILES string of the molecule is CCCCCNC(=O)c1cn(C(C)=O)c2ccc(F)cc12. The van der Waals surface area contributed by atoms with E-state index in [4.69, 9.17) is 0 Å². The van der Waals surface area contributed by atoms with Crippen LogP contribution in [0.2, 0.25) is 0 Å². The standard InChI is InChI=1S/C16H19FN2O2/c1-3-4-5-8-18-16(21)14-10-19(11(2)20)15-7-6-12(17)9-13(14)15/h6-7,9-10H,3-5,8H2,1-2H3,(H,18,21). The predicted molar refractivity (Wildman–Crippen MR) is 80.1 cm³/mol. The summed E-state index contributed by atoms with van der Waals surface area (Å²) in [7, 11) is 0. The smallest absolute Gasteiger partial charge is 0.253 e. The van der Waals surface area contributed by atoms with E-state index in [0.29, 0.717) is 23.0 Å². The first-order chi connectivity index (χ1) is 10.0. The fraction of sp³-hybridized carbons (Fsp3) is 0.375. The van der Waals surface area contributed by atoms with Crippen molar-refractivity contribution in [1.82, 2.24) is 9.88 Å². The van der Waals surface area contributed by atoms with Gasteiger partial charge in [-0.15, -0.1) is 0 Å². The topological polar surface area (TPSA) is 51.1 Å². The second-order valence-electron chi connectivity index (χ2n) is 5.06. The third-order valence-corrected chi connectivity index (χ3v) is 3.42. The van der Waals surface area contributed by atoms with Gasteiger partial charge in [0.1, 0.15) is 5.82 Å². The number of aromatic nitrogens is 1. The van der Waals surface area contributed by atoms with Crippen LogP contribution in [0.15, 0.2) is 24.4 Å². The van der Waals surface area contributed by atoms with Crippen molar-refractivity contribution in [2.24, 2.45) is 0 Å². The predicted octanol–water partition coefficient (Wildman–Crippen LogP) is 3.36. The van der Waals surface area contributed by atoms with Gasteiger partial charge in [0.25, 0.3) is 5.91 Å². The van der Waals surface area contributed by atoms with E-state index in [0.717, 1.165) is 19.3 Å². The average Bonchev–Trinajstić information content (AvgIpc) is 2.82. The minimum atomic E-state index is -0.427. The Bertz CT molecular complexity index is 676. The maximum Gasteiger partial charge on any atom is 0.253 e. The molecule has 0 atom stereocenters. The van der Waals surface area contributed by atoms with E-state index in [1.807, 2.05) is 0 Å². The first kappa shape index (κ1) is 15.2. The molecule has 0 saturated carbocycles. The van der Waals surface area contributed by atoms with Crippen LogP contribution in [0, 0.1) is 5.82 Å². The number of hydrogen-bond acceptors (Lipinski definition) is 2. The molecule has 2 aromatic rings. The van der Waals surface area contributed by atoms with E-state index >= 15 is 0 Å². The fourth-order valence-electron chi connectivity index (χ4n) is 2.32. The first-order valence-electron chi connectivity index (χ1n) is 7.14. The van der Waals surface area contributed by atoms with Gasteiger partial charge in [0, 0.05) is 25.1 Å². The van der Waals surface area contributed by atoms with Gasteiger partial charge in [0.2, 0.25) is 5.91 Å². The van der Waals surface area contributed by atoms with Crippen molar-refractivity contribution in [3.8, 4) is 0 Å². The van der Waals surface area contributed by atoms with E-state index in [9.17, 15) is 14.0 Å². The van der Waals surface area contributed by atoms with Gasteiger partial charge in [-0.2, -0.15) is 0 Å². The monoisotopic (exact) mass is 290 g/mol. The van der Waals surface area contributed by atoms with Crippen LogP contribution in [0.4, 0.5) is 4.39 Å². The second kappa shape index (κ2) is 6.52.